The lowest BCUT2D eigenvalue weighted by molar-refractivity contribution is 0.167. The minimum atomic E-state index is -0.963. The predicted octanol–water partition coefficient (Wildman–Crippen LogP) is 3.86. The highest BCUT2D eigenvalue weighted by molar-refractivity contribution is 6.33. The normalized spacial score (nSPS) is 11.8. The largest absolute Gasteiger partial charge is 0.388 e. The summed E-state index contributed by atoms with van der Waals surface area (Å²) in [5, 5.41) is 14.4. The zero-order chi connectivity index (χ0) is 16.8. The van der Waals surface area contributed by atoms with Crippen molar-refractivity contribution in [2.75, 3.05) is 11.9 Å². The Balaban J connectivity index is 1.84. The summed E-state index contributed by atoms with van der Waals surface area (Å²) in [5.74, 6) is -1.79. The molecule has 0 aliphatic rings. The van der Waals surface area contributed by atoms with Crippen molar-refractivity contribution in [1.29, 1.82) is 0 Å². The first-order valence-corrected chi connectivity index (χ1v) is 7.27. The Morgan fingerprint density at radius 3 is 2.57 bits per heavy atom. The minimum Gasteiger partial charge on any atom is -0.388 e. The molecule has 0 saturated heterocycles. The third-order valence-electron chi connectivity index (χ3n) is 3.13. The first-order chi connectivity index (χ1) is 11.0. The van der Waals surface area contributed by atoms with Crippen LogP contribution in [0.25, 0.3) is 0 Å². The van der Waals surface area contributed by atoms with Gasteiger partial charge in [0, 0.05) is 12.6 Å². The zero-order valence-corrected chi connectivity index (χ0v) is 12.8. The molecule has 0 saturated carbocycles. The van der Waals surface area contributed by atoms with Crippen LogP contribution in [0.4, 0.5) is 19.3 Å². The SMILES string of the molecule is O=C(NCCC(O)c1ccccc1)Nc1c(F)cc(F)cc1Cl. The van der Waals surface area contributed by atoms with E-state index in [0.717, 1.165) is 11.6 Å². The molecule has 1 atom stereocenters. The van der Waals surface area contributed by atoms with E-state index in [1.165, 1.54) is 0 Å². The van der Waals surface area contributed by atoms with Crippen LogP contribution >= 0.6 is 11.6 Å². The third-order valence-corrected chi connectivity index (χ3v) is 3.43. The summed E-state index contributed by atoms with van der Waals surface area (Å²) in [6, 6.07) is 9.83. The molecule has 2 amide bonds. The number of hydrogen-bond acceptors (Lipinski definition) is 2. The number of aliphatic hydroxyl groups is 1. The molecule has 7 heteroatoms. The summed E-state index contributed by atoms with van der Waals surface area (Å²) >= 11 is 5.68. The topological polar surface area (TPSA) is 61.4 Å². The van der Waals surface area contributed by atoms with Gasteiger partial charge in [-0.15, -0.1) is 0 Å². The van der Waals surface area contributed by atoms with Crippen LogP contribution in [0.3, 0.4) is 0 Å². The molecular formula is C16H15ClF2N2O2. The van der Waals surface area contributed by atoms with Gasteiger partial charge in [-0.1, -0.05) is 41.9 Å². The number of carbonyl (C=O) groups is 1. The van der Waals surface area contributed by atoms with Crippen molar-refractivity contribution in [2.45, 2.75) is 12.5 Å². The van der Waals surface area contributed by atoms with Crippen molar-refractivity contribution in [3.05, 3.63) is 64.7 Å². The molecule has 122 valence electrons. The van der Waals surface area contributed by atoms with E-state index in [4.69, 9.17) is 11.6 Å². The molecule has 0 radical (unpaired) electrons. The molecule has 0 aromatic heterocycles. The van der Waals surface area contributed by atoms with E-state index < -0.39 is 23.8 Å². The second kappa shape index (κ2) is 7.89. The first-order valence-electron chi connectivity index (χ1n) is 6.90. The number of aliphatic hydroxyl groups excluding tert-OH is 1. The number of carbonyl (C=O) groups excluding carboxylic acids is 1. The van der Waals surface area contributed by atoms with Gasteiger partial charge < -0.3 is 15.7 Å². The molecule has 4 nitrogen and oxygen atoms in total. The molecule has 3 N–H and O–H groups in total. The second-order valence-electron chi connectivity index (χ2n) is 4.84. The van der Waals surface area contributed by atoms with Gasteiger partial charge in [-0.2, -0.15) is 0 Å². The lowest BCUT2D eigenvalue weighted by atomic mass is 10.1. The highest BCUT2D eigenvalue weighted by Gasteiger charge is 2.13. The molecular weight excluding hydrogens is 326 g/mol. The van der Waals surface area contributed by atoms with Crippen molar-refractivity contribution < 1.29 is 18.7 Å². The molecule has 2 aromatic rings. The van der Waals surface area contributed by atoms with E-state index in [1.54, 1.807) is 24.3 Å². The number of halogens is 3. The Hall–Kier alpha value is -2.18. The summed E-state index contributed by atoms with van der Waals surface area (Å²) in [4.78, 5) is 11.7. The van der Waals surface area contributed by atoms with Crippen molar-refractivity contribution in [2.24, 2.45) is 0 Å². The van der Waals surface area contributed by atoms with E-state index in [9.17, 15) is 18.7 Å². The molecule has 2 rings (SSSR count). The lowest BCUT2D eigenvalue weighted by Crippen LogP contribution is -2.30. The maximum Gasteiger partial charge on any atom is 0.319 e. The van der Waals surface area contributed by atoms with Crippen LogP contribution < -0.4 is 10.6 Å². The van der Waals surface area contributed by atoms with Crippen LogP contribution in [0.2, 0.25) is 5.02 Å². The van der Waals surface area contributed by atoms with Crippen molar-refractivity contribution in [1.82, 2.24) is 5.32 Å². The number of benzene rings is 2. The number of rotatable bonds is 5. The Bertz CT molecular complexity index is 660. The van der Waals surface area contributed by atoms with Gasteiger partial charge in [0.15, 0.2) is 5.82 Å². The summed E-state index contributed by atoms with van der Waals surface area (Å²) < 4.78 is 26.5. The van der Waals surface area contributed by atoms with E-state index in [2.05, 4.69) is 10.6 Å². The molecule has 0 bridgehead atoms. The lowest BCUT2D eigenvalue weighted by Gasteiger charge is -2.13. The van der Waals surface area contributed by atoms with Crippen LogP contribution in [-0.4, -0.2) is 17.7 Å². The monoisotopic (exact) mass is 340 g/mol. The number of urea groups is 1. The predicted molar refractivity (Wildman–Crippen MR) is 84.4 cm³/mol. The van der Waals surface area contributed by atoms with E-state index in [1.807, 2.05) is 6.07 Å². The van der Waals surface area contributed by atoms with Crippen molar-refractivity contribution in [3.63, 3.8) is 0 Å². The molecule has 23 heavy (non-hydrogen) atoms. The Morgan fingerprint density at radius 1 is 1.22 bits per heavy atom. The Morgan fingerprint density at radius 2 is 1.91 bits per heavy atom. The number of nitrogens with one attached hydrogen (secondary N) is 2. The summed E-state index contributed by atoms with van der Waals surface area (Å²) in [6.07, 6.45) is -0.431. The van der Waals surface area contributed by atoms with E-state index >= 15 is 0 Å². The van der Waals surface area contributed by atoms with E-state index in [0.29, 0.717) is 6.07 Å². The fourth-order valence-corrected chi connectivity index (χ4v) is 2.23. The quantitative estimate of drug-likeness (QED) is 0.774. The Kier molecular flexibility index (Phi) is 5.90. The third kappa shape index (κ3) is 4.91. The molecule has 0 heterocycles. The van der Waals surface area contributed by atoms with Crippen LogP contribution in [0.15, 0.2) is 42.5 Å². The van der Waals surface area contributed by atoms with Crippen LogP contribution in [0.5, 0.6) is 0 Å². The molecule has 1 unspecified atom stereocenters. The van der Waals surface area contributed by atoms with Gasteiger partial charge in [-0.3, -0.25) is 0 Å². The van der Waals surface area contributed by atoms with Crippen molar-refractivity contribution >= 4 is 23.3 Å². The maximum absolute atomic E-state index is 13.5. The van der Waals surface area contributed by atoms with Gasteiger partial charge >= 0.3 is 6.03 Å². The molecule has 0 spiro atoms. The van der Waals surface area contributed by atoms with Crippen molar-refractivity contribution in [3.8, 4) is 0 Å². The summed E-state index contributed by atoms with van der Waals surface area (Å²) in [5.41, 5.74) is 0.441. The molecule has 0 aliphatic heterocycles. The molecule has 0 fully saturated rings. The molecule has 0 aliphatic carbocycles. The van der Waals surface area contributed by atoms with Gasteiger partial charge in [0.2, 0.25) is 0 Å². The first kappa shape index (κ1) is 17.2. The standard InChI is InChI=1S/C16H15ClF2N2O2/c17-12-8-11(18)9-13(19)15(12)21-16(23)20-7-6-14(22)10-4-2-1-3-5-10/h1-5,8-9,14,22H,6-7H2,(H2,20,21,23). The Labute approximate surface area is 137 Å². The summed E-state index contributed by atoms with van der Waals surface area (Å²) in [6.45, 7) is 0.169. The minimum absolute atomic E-state index is 0.169. The number of anilines is 1. The highest BCUT2D eigenvalue weighted by atomic mass is 35.5. The van der Waals surface area contributed by atoms with Gasteiger partial charge in [0.25, 0.3) is 0 Å². The average molecular weight is 341 g/mol. The van der Waals surface area contributed by atoms with Crippen LogP contribution in [-0.2, 0) is 0 Å². The van der Waals surface area contributed by atoms with E-state index in [-0.39, 0.29) is 23.7 Å². The second-order valence-corrected chi connectivity index (χ2v) is 5.25. The maximum atomic E-state index is 13.5. The fourth-order valence-electron chi connectivity index (χ4n) is 1.98. The van der Waals surface area contributed by atoms with Gasteiger partial charge in [-0.05, 0) is 18.1 Å². The van der Waals surface area contributed by atoms with Crippen LogP contribution in [0.1, 0.15) is 18.1 Å². The highest BCUT2D eigenvalue weighted by Crippen LogP contribution is 2.26. The number of amides is 2. The van der Waals surface area contributed by atoms with Gasteiger partial charge in [0.1, 0.15) is 5.82 Å². The van der Waals surface area contributed by atoms with Gasteiger partial charge in [0.05, 0.1) is 16.8 Å². The fraction of sp³-hybridized carbons (Fsp3) is 0.188. The number of hydrogen-bond donors (Lipinski definition) is 3. The smallest absolute Gasteiger partial charge is 0.319 e. The van der Waals surface area contributed by atoms with Gasteiger partial charge in [-0.25, -0.2) is 13.6 Å². The summed E-state index contributed by atoms with van der Waals surface area (Å²) in [7, 11) is 0. The average Bonchev–Trinajstić information content (AvgIpc) is 2.51. The molecule has 2 aromatic carbocycles. The zero-order valence-electron chi connectivity index (χ0n) is 12.0. The van der Waals surface area contributed by atoms with Crippen LogP contribution in [0, 0.1) is 11.6 Å².